The Kier molecular flexibility index (Phi) is 3.34. The van der Waals surface area contributed by atoms with Crippen LogP contribution < -0.4 is 0 Å². The SMILES string of the molecule is CCCN1CC(CCO)OC1=O. The Bertz CT molecular complexity index is 160. The Labute approximate surface area is 72.1 Å². The van der Waals surface area contributed by atoms with E-state index in [9.17, 15) is 4.79 Å². The maximum atomic E-state index is 11.1. The van der Waals surface area contributed by atoms with Crippen LogP contribution in [0.2, 0.25) is 0 Å². The van der Waals surface area contributed by atoms with Crippen molar-refractivity contribution in [3.8, 4) is 0 Å². The van der Waals surface area contributed by atoms with E-state index >= 15 is 0 Å². The molecule has 1 atom stereocenters. The van der Waals surface area contributed by atoms with E-state index in [2.05, 4.69) is 0 Å². The van der Waals surface area contributed by atoms with Crippen molar-refractivity contribution < 1.29 is 14.6 Å². The quantitative estimate of drug-likeness (QED) is 0.677. The number of aliphatic hydroxyl groups excluding tert-OH is 1. The fourth-order valence-electron chi connectivity index (χ4n) is 1.32. The van der Waals surface area contributed by atoms with Crippen LogP contribution in [0, 0.1) is 0 Å². The molecule has 0 aliphatic carbocycles. The van der Waals surface area contributed by atoms with Crippen LogP contribution >= 0.6 is 0 Å². The molecule has 0 aromatic heterocycles. The molecule has 1 amide bonds. The molecule has 1 heterocycles. The van der Waals surface area contributed by atoms with Gasteiger partial charge in [-0.15, -0.1) is 0 Å². The number of rotatable bonds is 4. The molecule has 0 radical (unpaired) electrons. The van der Waals surface area contributed by atoms with Gasteiger partial charge in [-0.05, 0) is 6.42 Å². The average molecular weight is 173 g/mol. The number of cyclic esters (lactones) is 1. The normalized spacial score (nSPS) is 23.0. The predicted molar refractivity (Wildman–Crippen MR) is 43.8 cm³/mol. The smallest absolute Gasteiger partial charge is 0.410 e. The predicted octanol–water partition coefficient (Wildman–Crippen LogP) is 0.600. The molecular weight excluding hydrogens is 158 g/mol. The van der Waals surface area contributed by atoms with Gasteiger partial charge in [-0.1, -0.05) is 6.92 Å². The number of ether oxygens (including phenoxy) is 1. The summed E-state index contributed by atoms with van der Waals surface area (Å²) >= 11 is 0. The van der Waals surface area contributed by atoms with Gasteiger partial charge in [0, 0.05) is 19.6 Å². The highest BCUT2D eigenvalue weighted by Crippen LogP contribution is 2.13. The maximum absolute atomic E-state index is 11.1. The zero-order valence-electron chi connectivity index (χ0n) is 7.32. The van der Waals surface area contributed by atoms with Gasteiger partial charge in [0.15, 0.2) is 0 Å². The minimum atomic E-state index is -0.240. The number of amides is 1. The molecule has 1 fully saturated rings. The highest BCUT2D eigenvalue weighted by Gasteiger charge is 2.29. The Morgan fingerprint density at radius 3 is 3.08 bits per heavy atom. The molecule has 0 saturated carbocycles. The molecule has 70 valence electrons. The van der Waals surface area contributed by atoms with Gasteiger partial charge in [0.2, 0.25) is 0 Å². The molecular formula is C8H15NO3. The van der Waals surface area contributed by atoms with E-state index in [1.54, 1.807) is 4.90 Å². The number of carbonyl (C=O) groups excluding carboxylic acids is 1. The molecule has 1 unspecified atom stereocenters. The monoisotopic (exact) mass is 173 g/mol. The fourth-order valence-corrected chi connectivity index (χ4v) is 1.32. The minimum absolute atomic E-state index is 0.0813. The average Bonchev–Trinajstić information content (AvgIpc) is 2.34. The molecule has 4 nitrogen and oxygen atoms in total. The summed E-state index contributed by atoms with van der Waals surface area (Å²) in [7, 11) is 0. The van der Waals surface area contributed by atoms with Crippen LogP contribution in [-0.2, 0) is 4.74 Å². The maximum Gasteiger partial charge on any atom is 0.410 e. The topological polar surface area (TPSA) is 49.8 Å². The van der Waals surface area contributed by atoms with Crippen molar-refractivity contribution in [2.24, 2.45) is 0 Å². The molecule has 0 aromatic carbocycles. The Hall–Kier alpha value is -0.770. The fraction of sp³-hybridized carbons (Fsp3) is 0.875. The summed E-state index contributed by atoms with van der Waals surface area (Å²) in [6.07, 6.45) is 1.15. The lowest BCUT2D eigenvalue weighted by Crippen LogP contribution is -2.25. The van der Waals surface area contributed by atoms with Gasteiger partial charge < -0.3 is 14.7 Å². The summed E-state index contributed by atoms with van der Waals surface area (Å²) in [5.74, 6) is 0. The van der Waals surface area contributed by atoms with Crippen LogP contribution in [0.5, 0.6) is 0 Å². The first-order valence-corrected chi connectivity index (χ1v) is 4.34. The van der Waals surface area contributed by atoms with E-state index in [4.69, 9.17) is 9.84 Å². The van der Waals surface area contributed by atoms with E-state index in [1.807, 2.05) is 6.92 Å². The van der Waals surface area contributed by atoms with Crippen molar-refractivity contribution in [2.45, 2.75) is 25.9 Å². The number of nitrogens with zero attached hydrogens (tertiary/aromatic N) is 1. The van der Waals surface area contributed by atoms with E-state index in [1.165, 1.54) is 0 Å². The van der Waals surface area contributed by atoms with Crippen LogP contribution in [0.1, 0.15) is 19.8 Å². The number of carbonyl (C=O) groups is 1. The third-order valence-electron chi connectivity index (χ3n) is 1.89. The standard InChI is InChI=1S/C8H15NO3/c1-2-4-9-6-7(3-5-10)12-8(9)11/h7,10H,2-6H2,1H3. The molecule has 4 heteroatoms. The summed E-state index contributed by atoms with van der Waals surface area (Å²) in [5.41, 5.74) is 0. The lowest BCUT2D eigenvalue weighted by Gasteiger charge is -2.09. The molecule has 0 aromatic rings. The van der Waals surface area contributed by atoms with Crippen molar-refractivity contribution in [1.82, 2.24) is 4.90 Å². The van der Waals surface area contributed by atoms with Crippen LogP contribution in [0.25, 0.3) is 0 Å². The summed E-state index contributed by atoms with van der Waals surface area (Å²) in [6.45, 7) is 3.48. The zero-order chi connectivity index (χ0) is 8.97. The second-order valence-corrected chi connectivity index (χ2v) is 2.96. The lowest BCUT2D eigenvalue weighted by atomic mass is 10.2. The second-order valence-electron chi connectivity index (χ2n) is 2.96. The summed E-state index contributed by atoms with van der Waals surface area (Å²) in [6, 6.07) is 0. The lowest BCUT2D eigenvalue weighted by molar-refractivity contribution is 0.117. The van der Waals surface area contributed by atoms with Gasteiger partial charge in [-0.2, -0.15) is 0 Å². The van der Waals surface area contributed by atoms with Crippen molar-refractivity contribution >= 4 is 6.09 Å². The minimum Gasteiger partial charge on any atom is -0.444 e. The van der Waals surface area contributed by atoms with Crippen LogP contribution in [0.4, 0.5) is 4.79 Å². The molecule has 0 spiro atoms. The largest absolute Gasteiger partial charge is 0.444 e. The van der Waals surface area contributed by atoms with Crippen molar-refractivity contribution in [3.63, 3.8) is 0 Å². The Morgan fingerprint density at radius 2 is 2.50 bits per heavy atom. The van der Waals surface area contributed by atoms with Crippen LogP contribution in [-0.4, -0.2) is 41.9 Å². The van der Waals surface area contributed by atoms with E-state index in [-0.39, 0.29) is 18.8 Å². The van der Waals surface area contributed by atoms with Gasteiger partial charge in [-0.25, -0.2) is 4.79 Å². The van der Waals surface area contributed by atoms with Gasteiger partial charge in [-0.3, -0.25) is 0 Å². The molecule has 12 heavy (non-hydrogen) atoms. The first kappa shape index (κ1) is 9.32. The van der Waals surface area contributed by atoms with E-state index in [0.29, 0.717) is 13.0 Å². The molecule has 1 aliphatic heterocycles. The molecule has 1 saturated heterocycles. The van der Waals surface area contributed by atoms with Gasteiger partial charge in [0.1, 0.15) is 6.10 Å². The van der Waals surface area contributed by atoms with E-state index in [0.717, 1.165) is 13.0 Å². The summed E-state index contributed by atoms with van der Waals surface area (Å²) in [5, 5.41) is 8.62. The van der Waals surface area contributed by atoms with Crippen molar-refractivity contribution in [3.05, 3.63) is 0 Å². The molecule has 1 N–H and O–H groups in total. The van der Waals surface area contributed by atoms with Gasteiger partial charge in [0.05, 0.1) is 6.54 Å². The third kappa shape index (κ3) is 2.11. The zero-order valence-corrected chi connectivity index (χ0v) is 7.32. The first-order chi connectivity index (χ1) is 5.77. The molecule has 1 aliphatic rings. The van der Waals surface area contributed by atoms with Crippen LogP contribution in [0.3, 0.4) is 0 Å². The van der Waals surface area contributed by atoms with Gasteiger partial charge >= 0.3 is 6.09 Å². The van der Waals surface area contributed by atoms with Crippen molar-refractivity contribution in [1.29, 1.82) is 0 Å². The van der Waals surface area contributed by atoms with E-state index < -0.39 is 0 Å². The van der Waals surface area contributed by atoms with Crippen LogP contribution in [0.15, 0.2) is 0 Å². The highest BCUT2D eigenvalue weighted by atomic mass is 16.6. The third-order valence-corrected chi connectivity index (χ3v) is 1.89. The number of aliphatic hydroxyl groups is 1. The van der Waals surface area contributed by atoms with Gasteiger partial charge in [0.25, 0.3) is 0 Å². The van der Waals surface area contributed by atoms with Crippen molar-refractivity contribution in [2.75, 3.05) is 19.7 Å². The highest BCUT2D eigenvalue weighted by molar-refractivity contribution is 5.69. The number of hydrogen-bond acceptors (Lipinski definition) is 3. The Morgan fingerprint density at radius 1 is 1.75 bits per heavy atom. The second kappa shape index (κ2) is 4.30. The summed E-state index contributed by atoms with van der Waals surface area (Å²) < 4.78 is 4.99. The molecule has 0 bridgehead atoms. The first-order valence-electron chi connectivity index (χ1n) is 4.34. The number of hydrogen-bond donors (Lipinski definition) is 1. The Balaban J connectivity index is 2.34. The molecule has 1 rings (SSSR count). The summed E-state index contributed by atoms with van der Waals surface area (Å²) in [4.78, 5) is 12.8.